The second-order valence-corrected chi connectivity index (χ2v) is 4.03. The molecule has 1 saturated heterocycles. The third kappa shape index (κ3) is 2.04. The van der Waals surface area contributed by atoms with E-state index in [4.69, 9.17) is 4.42 Å². The molecule has 4 nitrogen and oxygen atoms in total. The molecule has 1 fully saturated rings. The van der Waals surface area contributed by atoms with Gasteiger partial charge in [0.15, 0.2) is 5.76 Å². The molecule has 0 aromatic carbocycles. The summed E-state index contributed by atoms with van der Waals surface area (Å²) in [6.45, 7) is 5.34. The van der Waals surface area contributed by atoms with Gasteiger partial charge in [0, 0.05) is 31.7 Å². The zero-order chi connectivity index (χ0) is 10.8. The predicted molar refractivity (Wildman–Crippen MR) is 56.8 cm³/mol. The zero-order valence-corrected chi connectivity index (χ0v) is 9.19. The summed E-state index contributed by atoms with van der Waals surface area (Å²) in [4.78, 5) is 16.1. The fraction of sp³-hybridized carbons (Fsp3) is 0.545. The van der Waals surface area contributed by atoms with Gasteiger partial charge in [-0.25, -0.2) is 0 Å². The Labute approximate surface area is 89.5 Å². The van der Waals surface area contributed by atoms with Crippen molar-refractivity contribution in [2.75, 3.05) is 33.2 Å². The SMILES string of the molecule is Cc1ccoc1C(=O)N1CCN(C)CC1. The molecule has 82 valence electrons. The van der Waals surface area contributed by atoms with Crippen LogP contribution >= 0.6 is 0 Å². The topological polar surface area (TPSA) is 36.7 Å². The Kier molecular flexibility index (Phi) is 2.77. The standard InChI is InChI=1S/C11H16N2O2/c1-9-3-8-15-10(9)11(14)13-6-4-12(2)5-7-13/h3,8H,4-7H2,1-2H3. The van der Waals surface area contributed by atoms with E-state index in [0.717, 1.165) is 31.7 Å². The van der Waals surface area contributed by atoms with E-state index in [2.05, 4.69) is 11.9 Å². The van der Waals surface area contributed by atoms with E-state index in [-0.39, 0.29) is 5.91 Å². The molecule has 0 N–H and O–H groups in total. The number of piperazine rings is 1. The first-order valence-corrected chi connectivity index (χ1v) is 5.20. The van der Waals surface area contributed by atoms with E-state index in [9.17, 15) is 4.79 Å². The van der Waals surface area contributed by atoms with E-state index in [1.54, 1.807) is 6.26 Å². The molecule has 2 rings (SSSR count). The summed E-state index contributed by atoms with van der Waals surface area (Å²) in [5, 5.41) is 0. The molecule has 1 aromatic heterocycles. The molecule has 0 atom stereocenters. The van der Waals surface area contributed by atoms with Crippen molar-refractivity contribution in [2.24, 2.45) is 0 Å². The van der Waals surface area contributed by atoms with Crippen molar-refractivity contribution in [3.8, 4) is 0 Å². The maximum atomic E-state index is 12.0. The third-order valence-corrected chi connectivity index (χ3v) is 2.85. The summed E-state index contributed by atoms with van der Waals surface area (Å²) in [6.07, 6.45) is 1.57. The predicted octanol–water partition coefficient (Wildman–Crippen LogP) is 0.976. The van der Waals surface area contributed by atoms with Crippen molar-refractivity contribution in [3.05, 3.63) is 23.7 Å². The van der Waals surface area contributed by atoms with Crippen LogP contribution in [0.2, 0.25) is 0 Å². The van der Waals surface area contributed by atoms with Gasteiger partial charge >= 0.3 is 0 Å². The Bertz CT molecular complexity index is 351. The van der Waals surface area contributed by atoms with Crippen molar-refractivity contribution in [1.29, 1.82) is 0 Å². The average molecular weight is 208 g/mol. The molecule has 0 saturated carbocycles. The lowest BCUT2D eigenvalue weighted by Gasteiger charge is -2.31. The van der Waals surface area contributed by atoms with Gasteiger partial charge in [-0.05, 0) is 20.0 Å². The van der Waals surface area contributed by atoms with Crippen molar-refractivity contribution < 1.29 is 9.21 Å². The molecule has 0 aliphatic carbocycles. The molecule has 0 unspecified atom stereocenters. The molecular weight excluding hydrogens is 192 g/mol. The molecule has 1 aromatic rings. The van der Waals surface area contributed by atoms with Crippen LogP contribution in [-0.4, -0.2) is 48.9 Å². The highest BCUT2D eigenvalue weighted by Crippen LogP contribution is 2.13. The number of furan rings is 1. The van der Waals surface area contributed by atoms with E-state index in [1.165, 1.54) is 0 Å². The molecule has 1 aliphatic heterocycles. The van der Waals surface area contributed by atoms with Crippen LogP contribution < -0.4 is 0 Å². The quantitative estimate of drug-likeness (QED) is 0.690. The molecule has 0 radical (unpaired) electrons. The number of likely N-dealkylation sites (N-methyl/N-ethyl adjacent to an activating group) is 1. The largest absolute Gasteiger partial charge is 0.459 e. The highest BCUT2D eigenvalue weighted by atomic mass is 16.3. The van der Waals surface area contributed by atoms with E-state index in [1.807, 2.05) is 17.9 Å². The Morgan fingerprint density at radius 1 is 1.33 bits per heavy atom. The second-order valence-electron chi connectivity index (χ2n) is 4.03. The fourth-order valence-corrected chi connectivity index (χ4v) is 1.74. The van der Waals surface area contributed by atoms with E-state index >= 15 is 0 Å². The van der Waals surface area contributed by atoms with Crippen LogP contribution in [0.3, 0.4) is 0 Å². The Morgan fingerprint density at radius 3 is 2.53 bits per heavy atom. The Morgan fingerprint density at radius 2 is 2.00 bits per heavy atom. The van der Waals surface area contributed by atoms with E-state index in [0.29, 0.717) is 5.76 Å². The van der Waals surface area contributed by atoms with Gasteiger partial charge in [0.25, 0.3) is 5.91 Å². The first-order chi connectivity index (χ1) is 7.18. The number of hydrogen-bond donors (Lipinski definition) is 0. The smallest absolute Gasteiger partial charge is 0.289 e. The number of aryl methyl sites for hydroxylation is 1. The van der Waals surface area contributed by atoms with Gasteiger partial charge in [-0.15, -0.1) is 0 Å². The number of hydrogen-bond acceptors (Lipinski definition) is 3. The van der Waals surface area contributed by atoms with Crippen LogP contribution in [-0.2, 0) is 0 Å². The summed E-state index contributed by atoms with van der Waals surface area (Å²) in [5.41, 5.74) is 0.916. The first kappa shape index (κ1) is 10.2. The molecule has 2 heterocycles. The van der Waals surface area contributed by atoms with Crippen molar-refractivity contribution >= 4 is 5.91 Å². The van der Waals surface area contributed by atoms with Crippen molar-refractivity contribution in [1.82, 2.24) is 9.80 Å². The minimum atomic E-state index is 0.0191. The Balaban J connectivity index is 2.06. The van der Waals surface area contributed by atoms with Gasteiger partial charge in [-0.1, -0.05) is 0 Å². The highest BCUT2D eigenvalue weighted by Gasteiger charge is 2.23. The molecular formula is C11H16N2O2. The summed E-state index contributed by atoms with van der Waals surface area (Å²) in [7, 11) is 2.07. The third-order valence-electron chi connectivity index (χ3n) is 2.85. The van der Waals surface area contributed by atoms with Crippen LogP contribution in [0.1, 0.15) is 16.1 Å². The maximum absolute atomic E-state index is 12.0. The van der Waals surface area contributed by atoms with Gasteiger partial charge in [0.2, 0.25) is 0 Å². The summed E-state index contributed by atoms with van der Waals surface area (Å²) < 4.78 is 5.20. The summed E-state index contributed by atoms with van der Waals surface area (Å²) in [5.74, 6) is 0.505. The monoisotopic (exact) mass is 208 g/mol. The van der Waals surface area contributed by atoms with Gasteiger partial charge < -0.3 is 14.2 Å². The first-order valence-electron chi connectivity index (χ1n) is 5.20. The molecule has 1 aliphatic rings. The van der Waals surface area contributed by atoms with Gasteiger partial charge in [-0.3, -0.25) is 4.79 Å². The minimum Gasteiger partial charge on any atom is -0.459 e. The lowest BCUT2D eigenvalue weighted by atomic mass is 10.2. The van der Waals surface area contributed by atoms with Crippen LogP contribution in [0.5, 0.6) is 0 Å². The lowest BCUT2D eigenvalue weighted by molar-refractivity contribution is 0.0631. The molecule has 4 heteroatoms. The van der Waals surface area contributed by atoms with Gasteiger partial charge in [-0.2, -0.15) is 0 Å². The number of nitrogens with zero attached hydrogens (tertiary/aromatic N) is 2. The molecule has 15 heavy (non-hydrogen) atoms. The van der Waals surface area contributed by atoms with Gasteiger partial charge in [0.1, 0.15) is 0 Å². The van der Waals surface area contributed by atoms with Crippen molar-refractivity contribution in [2.45, 2.75) is 6.92 Å². The zero-order valence-electron chi connectivity index (χ0n) is 9.19. The minimum absolute atomic E-state index is 0.0191. The van der Waals surface area contributed by atoms with Crippen LogP contribution in [0.25, 0.3) is 0 Å². The maximum Gasteiger partial charge on any atom is 0.289 e. The fourth-order valence-electron chi connectivity index (χ4n) is 1.74. The number of carbonyl (C=O) groups excluding carboxylic acids is 1. The molecule has 0 spiro atoms. The lowest BCUT2D eigenvalue weighted by Crippen LogP contribution is -2.47. The normalized spacial score (nSPS) is 18.1. The highest BCUT2D eigenvalue weighted by molar-refractivity contribution is 5.92. The molecule has 0 bridgehead atoms. The van der Waals surface area contributed by atoms with Gasteiger partial charge in [0.05, 0.1) is 6.26 Å². The number of amides is 1. The molecule has 1 amide bonds. The average Bonchev–Trinajstić information content (AvgIpc) is 2.65. The van der Waals surface area contributed by atoms with E-state index < -0.39 is 0 Å². The number of rotatable bonds is 1. The van der Waals surface area contributed by atoms with Crippen LogP contribution in [0.15, 0.2) is 16.7 Å². The summed E-state index contributed by atoms with van der Waals surface area (Å²) in [6, 6.07) is 1.82. The van der Waals surface area contributed by atoms with Crippen LogP contribution in [0.4, 0.5) is 0 Å². The van der Waals surface area contributed by atoms with Crippen molar-refractivity contribution in [3.63, 3.8) is 0 Å². The second kappa shape index (κ2) is 4.06. The Hall–Kier alpha value is -1.29. The number of carbonyl (C=O) groups is 1. The summed E-state index contributed by atoms with van der Waals surface area (Å²) >= 11 is 0. The van der Waals surface area contributed by atoms with Crippen LogP contribution in [0, 0.1) is 6.92 Å².